The van der Waals surface area contributed by atoms with Gasteiger partial charge in [-0.25, -0.2) is 13.4 Å². The summed E-state index contributed by atoms with van der Waals surface area (Å²) in [5, 5.41) is 12.3. The quantitative estimate of drug-likeness (QED) is 0.499. The fraction of sp³-hybridized carbons (Fsp3) is 0.478. The van der Waals surface area contributed by atoms with Crippen LogP contribution in [0.2, 0.25) is 0 Å². The number of sulfonamides is 1. The summed E-state index contributed by atoms with van der Waals surface area (Å²) in [4.78, 5) is 9.49. The van der Waals surface area contributed by atoms with Crippen LogP contribution in [-0.4, -0.2) is 48.8 Å². The third kappa shape index (κ3) is 4.27. The van der Waals surface area contributed by atoms with Crippen LogP contribution in [0.4, 0.5) is 23.1 Å². The maximum absolute atomic E-state index is 13.1. The van der Waals surface area contributed by atoms with Gasteiger partial charge in [-0.2, -0.15) is 4.98 Å². The summed E-state index contributed by atoms with van der Waals surface area (Å²) < 4.78 is 27.9. The van der Waals surface area contributed by atoms with Gasteiger partial charge in [0.05, 0.1) is 20.7 Å². The molecule has 8 nitrogen and oxygen atoms in total. The highest BCUT2D eigenvalue weighted by atomic mass is 32.2. The van der Waals surface area contributed by atoms with Crippen molar-refractivity contribution < 1.29 is 8.42 Å². The van der Waals surface area contributed by atoms with Crippen molar-refractivity contribution in [3.8, 4) is 0 Å². The topological polar surface area (TPSA) is 99.2 Å². The second kappa shape index (κ2) is 8.41. The molecule has 0 aliphatic carbocycles. The van der Waals surface area contributed by atoms with Crippen molar-refractivity contribution in [1.82, 2.24) is 15.3 Å². The van der Waals surface area contributed by atoms with Crippen LogP contribution in [0.15, 0.2) is 29.6 Å². The summed E-state index contributed by atoms with van der Waals surface area (Å²) in [5.41, 5.74) is 3.50. The lowest BCUT2D eigenvalue weighted by atomic mass is 10.1. The first-order chi connectivity index (χ1) is 15.7. The fourth-order valence-electron chi connectivity index (χ4n) is 4.31. The van der Waals surface area contributed by atoms with E-state index in [0.29, 0.717) is 18.5 Å². The monoisotopic (exact) mass is 486 g/mol. The van der Waals surface area contributed by atoms with Gasteiger partial charge < -0.3 is 16.0 Å². The Hall–Kier alpha value is -2.43. The van der Waals surface area contributed by atoms with Gasteiger partial charge in [-0.3, -0.25) is 4.31 Å². The Balaban J connectivity index is 1.46. The summed E-state index contributed by atoms with van der Waals surface area (Å²) in [6.45, 7) is 7.69. The lowest BCUT2D eigenvalue weighted by Gasteiger charge is -2.28. The number of fused-ring (bicyclic) bond motifs is 2. The number of anilines is 4. The van der Waals surface area contributed by atoms with Crippen molar-refractivity contribution in [3.05, 3.63) is 35.2 Å². The van der Waals surface area contributed by atoms with Crippen molar-refractivity contribution in [2.24, 2.45) is 0 Å². The molecule has 0 unspecified atom stereocenters. The minimum atomic E-state index is -3.46. The molecule has 4 heterocycles. The predicted molar refractivity (Wildman–Crippen MR) is 136 cm³/mol. The number of hydrogen-bond donors (Lipinski definition) is 3. The van der Waals surface area contributed by atoms with Crippen molar-refractivity contribution in [2.45, 2.75) is 50.8 Å². The minimum Gasteiger partial charge on any atom is -0.351 e. The van der Waals surface area contributed by atoms with Gasteiger partial charge in [-0.1, -0.05) is 6.07 Å². The first kappa shape index (κ1) is 22.4. The number of nitrogens with zero attached hydrogens (tertiary/aromatic N) is 3. The Kier molecular flexibility index (Phi) is 5.70. The molecule has 33 heavy (non-hydrogen) atoms. The largest absolute Gasteiger partial charge is 0.351 e. The molecule has 0 atom stereocenters. The van der Waals surface area contributed by atoms with Gasteiger partial charge in [0.25, 0.3) is 0 Å². The zero-order valence-electron chi connectivity index (χ0n) is 19.2. The maximum Gasteiger partial charge on any atom is 0.240 e. The number of thiophene rings is 1. The van der Waals surface area contributed by atoms with Crippen LogP contribution in [0.1, 0.15) is 39.2 Å². The Labute approximate surface area is 198 Å². The van der Waals surface area contributed by atoms with E-state index in [1.165, 1.54) is 0 Å². The lowest BCUT2D eigenvalue weighted by Crippen LogP contribution is -2.42. The van der Waals surface area contributed by atoms with Crippen LogP contribution < -0.4 is 20.3 Å². The fourth-order valence-corrected chi connectivity index (χ4v) is 6.50. The average Bonchev–Trinajstić information content (AvgIpc) is 3.40. The standard InChI is InChI=1S/C23H30N6O2S2/c1-23(2,3)33(30,31)29-12-8-15-4-5-17(14-19(15)29)25-21-20-18(9-13-32-20)27-22(28-21)26-16-6-10-24-11-7-16/h4-5,9,13-14,16,24H,6-8,10-12H2,1-3H3,(H2,25,26,27,28). The van der Waals surface area contributed by atoms with Crippen molar-refractivity contribution >= 4 is 54.7 Å². The third-order valence-electron chi connectivity index (χ3n) is 6.24. The molecule has 1 aromatic carbocycles. The smallest absolute Gasteiger partial charge is 0.240 e. The summed E-state index contributed by atoms with van der Waals surface area (Å²) in [6.07, 6.45) is 2.80. The van der Waals surface area contributed by atoms with Crippen LogP contribution in [0, 0.1) is 0 Å². The highest BCUT2D eigenvalue weighted by Crippen LogP contribution is 2.38. The Morgan fingerprint density at radius 1 is 1.15 bits per heavy atom. The molecule has 3 aromatic rings. The van der Waals surface area contributed by atoms with E-state index in [-0.39, 0.29) is 0 Å². The highest BCUT2D eigenvalue weighted by molar-refractivity contribution is 7.94. The van der Waals surface area contributed by atoms with E-state index < -0.39 is 14.8 Å². The van der Waals surface area contributed by atoms with E-state index >= 15 is 0 Å². The molecule has 2 aromatic heterocycles. The summed E-state index contributed by atoms with van der Waals surface area (Å²) in [5.74, 6) is 1.35. The second-order valence-corrected chi connectivity index (χ2v) is 13.1. The van der Waals surface area contributed by atoms with Gasteiger partial charge in [-0.05, 0) is 82.3 Å². The third-order valence-corrected chi connectivity index (χ3v) is 9.66. The average molecular weight is 487 g/mol. The van der Waals surface area contributed by atoms with E-state index in [0.717, 1.165) is 65.3 Å². The van der Waals surface area contributed by atoms with Crippen molar-refractivity contribution in [2.75, 3.05) is 34.6 Å². The number of aromatic nitrogens is 2. The van der Waals surface area contributed by atoms with Crippen LogP contribution in [-0.2, 0) is 16.4 Å². The molecule has 5 rings (SSSR count). The van der Waals surface area contributed by atoms with E-state index in [1.807, 2.05) is 29.6 Å². The van der Waals surface area contributed by atoms with Crippen LogP contribution in [0.5, 0.6) is 0 Å². The Bertz CT molecular complexity index is 1280. The second-order valence-electron chi connectivity index (χ2n) is 9.61. The SMILES string of the molecule is CC(C)(C)S(=O)(=O)N1CCc2ccc(Nc3nc(NC4CCNCC4)nc4ccsc34)cc21. The highest BCUT2D eigenvalue weighted by Gasteiger charge is 2.38. The van der Waals surface area contributed by atoms with Gasteiger partial charge in [0.1, 0.15) is 0 Å². The molecule has 1 saturated heterocycles. The predicted octanol–water partition coefficient (Wildman–Crippen LogP) is 4.09. The normalized spacial score (nSPS) is 17.4. The number of rotatable bonds is 5. The summed E-state index contributed by atoms with van der Waals surface area (Å²) in [6, 6.07) is 8.28. The molecule has 3 N–H and O–H groups in total. The molecule has 0 spiro atoms. The molecule has 0 radical (unpaired) electrons. The Morgan fingerprint density at radius 3 is 2.70 bits per heavy atom. The van der Waals surface area contributed by atoms with Crippen LogP contribution in [0.3, 0.4) is 0 Å². The summed E-state index contributed by atoms with van der Waals surface area (Å²) >= 11 is 1.59. The number of hydrogen-bond acceptors (Lipinski definition) is 8. The zero-order chi connectivity index (χ0) is 23.2. The minimum absolute atomic E-state index is 0.353. The molecule has 0 bridgehead atoms. The molecule has 176 valence electrons. The van der Waals surface area contributed by atoms with Crippen LogP contribution in [0.25, 0.3) is 10.2 Å². The zero-order valence-corrected chi connectivity index (χ0v) is 20.8. The maximum atomic E-state index is 13.1. The van der Waals surface area contributed by atoms with Crippen LogP contribution >= 0.6 is 11.3 Å². The lowest BCUT2D eigenvalue weighted by molar-refractivity contribution is 0.477. The van der Waals surface area contributed by atoms with Gasteiger partial charge in [0.2, 0.25) is 16.0 Å². The molecule has 1 fully saturated rings. The number of nitrogens with one attached hydrogen (secondary N) is 3. The number of benzene rings is 1. The Morgan fingerprint density at radius 2 is 1.94 bits per heavy atom. The van der Waals surface area contributed by atoms with Gasteiger partial charge in [0, 0.05) is 18.3 Å². The van der Waals surface area contributed by atoms with Gasteiger partial charge in [0.15, 0.2) is 5.82 Å². The molecule has 2 aliphatic rings. The molecular weight excluding hydrogens is 456 g/mol. The summed E-state index contributed by atoms with van der Waals surface area (Å²) in [7, 11) is -3.46. The van der Waals surface area contributed by atoms with Crippen molar-refractivity contribution in [1.29, 1.82) is 0 Å². The van der Waals surface area contributed by atoms with E-state index in [9.17, 15) is 8.42 Å². The number of piperidine rings is 1. The molecule has 0 saturated carbocycles. The molecule has 0 amide bonds. The molecule has 2 aliphatic heterocycles. The van der Waals surface area contributed by atoms with Gasteiger partial charge in [-0.15, -0.1) is 11.3 Å². The van der Waals surface area contributed by atoms with Crippen molar-refractivity contribution in [3.63, 3.8) is 0 Å². The van der Waals surface area contributed by atoms with E-state index in [4.69, 9.17) is 9.97 Å². The van der Waals surface area contributed by atoms with E-state index in [1.54, 1.807) is 36.4 Å². The van der Waals surface area contributed by atoms with E-state index in [2.05, 4.69) is 16.0 Å². The molecular formula is C23H30N6O2S2. The van der Waals surface area contributed by atoms with Gasteiger partial charge >= 0.3 is 0 Å². The first-order valence-electron chi connectivity index (χ1n) is 11.4. The molecule has 10 heteroatoms. The first-order valence-corrected chi connectivity index (χ1v) is 13.7.